The minimum Gasteiger partial charge on any atom is -0.384 e. The van der Waals surface area contributed by atoms with Crippen molar-refractivity contribution in [2.24, 2.45) is 5.73 Å². The Balaban J connectivity index is 2.39. The Morgan fingerprint density at radius 1 is 1.33 bits per heavy atom. The molecule has 0 aliphatic carbocycles. The molecule has 0 saturated heterocycles. The van der Waals surface area contributed by atoms with Gasteiger partial charge in [0.25, 0.3) is 0 Å². The first-order valence-corrected chi connectivity index (χ1v) is 7.04. The summed E-state index contributed by atoms with van der Waals surface area (Å²) in [5.41, 5.74) is 10.1. The summed E-state index contributed by atoms with van der Waals surface area (Å²) in [6.07, 6.45) is 0. The maximum absolute atomic E-state index is 7.78. The molecule has 0 radical (unpaired) electrons. The quantitative estimate of drug-likeness (QED) is 0.673. The maximum Gasteiger partial charge on any atom is 0.126 e. The first-order chi connectivity index (χ1) is 9.88. The summed E-state index contributed by atoms with van der Waals surface area (Å²) in [5.74, 6) is 0.0351. The molecule has 4 nitrogen and oxygen atoms in total. The van der Waals surface area contributed by atoms with Gasteiger partial charge in [0, 0.05) is 24.3 Å². The van der Waals surface area contributed by atoms with E-state index in [1.165, 1.54) is 0 Å². The van der Waals surface area contributed by atoms with Crippen LogP contribution in [0.2, 0.25) is 5.02 Å². The summed E-state index contributed by atoms with van der Waals surface area (Å²) < 4.78 is 0. The number of amidine groups is 1. The van der Waals surface area contributed by atoms with Crippen molar-refractivity contribution in [3.05, 3.63) is 57.9 Å². The summed E-state index contributed by atoms with van der Waals surface area (Å²) in [5, 5.41) is 8.50. The van der Waals surface area contributed by atoms with Crippen LogP contribution < -0.4 is 10.6 Å². The lowest BCUT2D eigenvalue weighted by Gasteiger charge is -2.23. The van der Waals surface area contributed by atoms with Crippen molar-refractivity contribution < 1.29 is 0 Å². The van der Waals surface area contributed by atoms with Gasteiger partial charge in [-0.05, 0) is 37.6 Å². The van der Waals surface area contributed by atoms with E-state index in [0.717, 1.165) is 27.7 Å². The molecule has 1 aromatic carbocycles. The molecule has 5 heteroatoms. The summed E-state index contributed by atoms with van der Waals surface area (Å²) in [6.45, 7) is 4.50. The molecule has 2 aromatic rings. The second-order valence-corrected chi connectivity index (χ2v) is 5.58. The minimum absolute atomic E-state index is 0.0351. The molecule has 0 bridgehead atoms. The lowest BCUT2D eigenvalue weighted by molar-refractivity contribution is 0.911. The highest BCUT2D eigenvalue weighted by molar-refractivity contribution is 6.30. The number of anilines is 1. The highest BCUT2D eigenvalue weighted by Gasteiger charge is 2.15. The Kier molecular flexibility index (Phi) is 4.48. The van der Waals surface area contributed by atoms with Crippen molar-refractivity contribution in [3.63, 3.8) is 0 Å². The van der Waals surface area contributed by atoms with Crippen molar-refractivity contribution >= 4 is 23.1 Å². The second-order valence-electron chi connectivity index (χ2n) is 5.14. The molecule has 0 aliphatic heterocycles. The Hall–Kier alpha value is -2.07. The van der Waals surface area contributed by atoms with Gasteiger partial charge in [-0.3, -0.25) is 10.4 Å². The SMILES string of the molecule is Cc1cc(N(C)Cc2cccc(Cl)c2)c(C(=N)N)c(C)n1. The molecule has 2 rings (SSSR count). The molecule has 0 fully saturated rings. The number of aromatic nitrogens is 1. The Labute approximate surface area is 130 Å². The highest BCUT2D eigenvalue weighted by Crippen LogP contribution is 2.24. The average Bonchev–Trinajstić information content (AvgIpc) is 2.37. The van der Waals surface area contributed by atoms with Gasteiger partial charge in [0.05, 0.1) is 16.9 Å². The van der Waals surface area contributed by atoms with Crippen LogP contribution in [0.25, 0.3) is 0 Å². The number of rotatable bonds is 4. The van der Waals surface area contributed by atoms with Gasteiger partial charge < -0.3 is 10.6 Å². The molecule has 3 N–H and O–H groups in total. The highest BCUT2D eigenvalue weighted by atomic mass is 35.5. The Bertz CT molecular complexity index is 682. The fourth-order valence-corrected chi connectivity index (χ4v) is 2.65. The molecule has 0 amide bonds. The van der Waals surface area contributed by atoms with Gasteiger partial charge in [0.2, 0.25) is 0 Å². The predicted molar refractivity (Wildman–Crippen MR) is 88.3 cm³/mol. The molecule has 0 atom stereocenters. The standard InChI is InChI=1S/C16H19ClN4/c1-10-7-14(15(16(18)19)11(2)20-10)21(3)9-12-5-4-6-13(17)8-12/h4-8H,9H2,1-3H3,(H3,18,19). The molecule has 1 aromatic heterocycles. The lowest BCUT2D eigenvalue weighted by atomic mass is 10.1. The van der Waals surface area contributed by atoms with E-state index in [9.17, 15) is 0 Å². The molecular formula is C16H19ClN4. The zero-order chi connectivity index (χ0) is 15.6. The van der Waals surface area contributed by atoms with E-state index in [1.54, 1.807) is 0 Å². The van der Waals surface area contributed by atoms with Crippen LogP contribution in [0, 0.1) is 19.3 Å². The monoisotopic (exact) mass is 302 g/mol. The van der Waals surface area contributed by atoms with Gasteiger partial charge in [-0.2, -0.15) is 0 Å². The topological polar surface area (TPSA) is 66.0 Å². The lowest BCUT2D eigenvalue weighted by Crippen LogP contribution is -2.24. The van der Waals surface area contributed by atoms with Gasteiger partial charge in [-0.15, -0.1) is 0 Å². The third-order valence-electron chi connectivity index (χ3n) is 3.30. The number of halogens is 1. The van der Waals surface area contributed by atoms with Crippen LogP contribution in [-0.4, -0.2) is 17.9 Å². The number of nitrogens with two attached hydrogens (primary N) is 1. The first-order valence-electron chi connectivity index (χ1n) is 6.66. The third kappa shape index (κ3) is 3.52. The van der Waals surface area contributed by atoms with Crippen LogP contribution in [0.15, 0.2) is 30.3 Å². The van der Waals surface area contributed by atoms with E-state index in [2.05, 4.69) is 9.88 Å². The van der Waals surface area contributed by atoms with Crippen LogP contribution in [0.3, 0.4) is 0 Å². The van der Waals surface area contributed by atoms with Crippen molar-refractivity contribution in [2.45, 2.75) is 20.4 Å². The van der Waals surface area contributed by atoms with E-state index in [4.69, 9.17) is 22.7 Å². The summed E-state index contributed by atoms with van der Waals surface area (Å²) >= 11 is 6.02. The smallest absolute Gasteiger partial charge is 0.126 e. The second kappa shape index (κ2) is 6.14. The minimum atomic E-state index is 0.0351. The average molecular weight is 303 g/mol. The van der Waals surface area contributed by atoms with E-state index >= 15 is 0 Å². The zero-order valence-corrected chi connectivity index (χ0v) is 13.2. The Morgan fingerprint density at radius 2 is 2.05 bits per heavy atom. The molecule has 1 heterocycles. The number of nitrogens with zero attached hydrogens (tertiary/aromatic N) is 2. The normalized spacial score (nSPS) is 10.5. The maximum atomic E-state index is 7.78. The molecule has 0 saturated carbocycles. The molecule has 21 heavy (non-hydrogen) atoms. The number of benzene rings is 1. The number of hydrogen-bond donors (Lipinski definition) is 2. The fraction of sp³-hybridized carbons (Fsp3) is 0.250. The predicted octanol–water partition coefficient (Wildman–Crippen LogP) is 3.27. The van der Waals surface area contributed by atoms with Crippen LogP contribution in [0.5, 0.6) is 0 Å². The van der Waals surface area contributed by atoms with E-state index in [-0.39, 0.29) is 5.84 Å². The van der Waals surface area contributed by atoms with E-state index in [0.29, 0.717) is 12.1 Å². The van der Waals surface area contributed by atoms with Gasteiger partial charge >= 0.3 is 0 Å². The Morgan fingerprint density at radius 3 is 2.67 bits per heavy atom. The van der Waals surface area contributed by atoms with Gasteiger partial charge in [0.1, 0.15) is 5.84 Å². The first kappa shape index (κ1) is 15.3. The molecule has 0 spiro atoms. The van der Waals surface area contributed by atoms with Crippen molar-refractivity contribution in [2.75, 3.05) is 11.9 Å². The fourth-order valence-electron chi connectivity index (χ4n) is 2.44. The third-order valence-corrected chi connectivity index (χ3v) is 3.53. The summed E-state index contributed by atoms with van der Waals surface area (Å²) in [6, 6.07) is 9.70. The number of nitrogen functional groups attached to an aromatic ring is 1. The van der Waals surface area contributed by atoms with E-state index < -0.39 is 0 Å². The zero-order valence-electron chi connectivity index (χ0n) is 12.4. The van der Waals surface area contributed by atoms with Crippen LogP contribution in [0.4, 0.5) is 5.69 Å². The van der Waals surface area contributed by atoms with Crippen LogP contribution in [-0.2, 0) is 6.54 Å². The van der Waals surface area contributed by atoms with Crippen molar-refractivity contribution in [1.29, 1.82) is 5.41 Å². The van der Waals surface area contributed by atoms with Crippen molar-refractivity contribution in [1.82, 2.24) is 4.98 Å². The van der Waals surface area contributed by atoms with Gasteiger partial charge in [0.15, 0.2) is 0 Å². The number of pyridine rings is 1. The van der Waals surface area contributed by atoms with Crippen molar-refractivity contribution in [3.8, 4) is 0 Å². The summed E-state index contributed by atoms with van der Waals surface area (Å²) in [7, 11) is 1.97. The number of nitrogens with one attached hydrogen (secondary N) is 1. The van der Waals surface area contributed by atoms with E-state index in [1.807, 2.05) is 51.2 Å². The molecule has 110 valence electrons. The number of hydrogen-bond acceptors (Lipinski definition) is 3. The van der Waals surface area contributed by atoms with Gasteiger partial charge in [-0.1, -0.05) is 23.7 Å². The molecule has 0 aliphatic rings. The summed E-state index contributed by atoms with van der Waals surface area (Å²) in [4.78, 5) is 6.45. The van der Waals surface area contributed by atoms with Gasteiger partial charge in [-0.25, -0.2) is 0 Å². The van der Waals surface area contributed by atoms with Crippen LogP contribution >= 0.6 is 11.6 Å². The number of aryl methyl sites for hydroxylation is 2. The molecule has 0 unspecified atom stereocenters. The van der Waals surface area contributed by atoms with Crippen LogP contribution in [0.1, 0.15) is 22.5 Å². The largest absolute Gasteiger partial charge is 0.384 e. The molecular weight excluding hydrogens is 284 g/mol.